The van der Waals surface area contributed by atoms with Crippen LogP contribution in [0.15, 0.2) is 30.5 Å². The van der Waals surface area contributed by atoms with Gasteiger partial charge in [-0.05, 0) is 50.4 Å². The Bertz CT molecular complexity index is 687. The second-order valence-corrected chi connectivity index (χ2v) is 6.65. The van der Waals surface area contributed by atoms with E-state index < -0.39 is 0 Å². The first kappa shape index (κ1) is 17.0. The predicted molar refractivity (Wildman–Crippen MR) is 96.5 cm³/mol. The molecule has 1 aromatic heterocycles. The smallest absolute Gasteiger partial charge is 0.251 e. The molecule has 1 N–H and O–H groups in total. The van der Waals surface area contributed by atoms with Crippen LogP contribution in [-0.4, -0.2) is 54.8 Å². The highest BCUT2D eigenvalue weighted by Crippen LogP contribution is 2.21. The molecule has 1 aromatic carbocycles. The molecule has 3 rings (SSSR count). The van der Waals surface area contributed by atoms with Crippen molar-refractivity contribution in [3.8, 4) is 0 Å². The zero-order chi connectivity index (χ0) is 16.9. The van der Waals surface area contributed by atoms with Gasteiger partial charge in [-0.15, -0.1) is 0 Å². The van der Waals surface area contributed by atoms with E-state index in [1.54, 1.807) is 0 Å². The third-order valence-electron chi connectivity index (χ3n) is 4.58. The van der Waals surface area contributed by atoms with E-state index in [9.17, 15) is 4.79 Å². The van der Waals surface area contributed by atoms with Crippen LogP contribution in [0.1, 0.15) is 36.7 Å². The van der Waals surface area contributed by atoms with Crippen LogP contribution in [0, 0.1) is 0 Å². The minimum absolute atomic E-state index is 0.00961. The largest absolute Gasteiger partial charge is 0.379 e. The van der Waals surface area contributed by atoms with Gasteiger partial charge >= 0.3 is 0 Å². The topological polar surface area (TPSA) is 46.5 Å². The van der Waals surface area contributed by atoms with E-state index in [2.05, 4.69) is 40.9 Å². The first-order valence-corrected chi connectivity index (χ1v) is 8.84. The molecule has 1 aliphatic heterocycles. The molecule has 0 unspecified atom stereocenters. The fourth-order valence-electron chi connectivity index (χ4n) is 3.17. The monoisotopic (exact) mass is 329 g/mol. The molecular weight excluding hydrogens is 302 g/mol. The van der Waals surface area contributed by atoms with E-state index in [1.165, 1.54) is 5.39 Å². The zero-order valence-corrected chi connectivity index (χ0v) is 14.6. The van der Waals surface area contributed by atoms with Crippen LogP contribution in [0.25, 0.3) is 10.9 Å². The first-order valence-electron chi connectivity index (χ1n) is 8.84. The molecule has 1 aliphatic rings. The van der Waals surface area contributed by atoms with Gasteiger partial charge in [0.1, 0.15) is 0 Å². The summed E-state index contributed by atoms with van der Waals surface area (Å²) in [4.78, 5) is 14.8. The number of rotatable bonds is 6. The summed E-state index contributed by atoms with van der Waals surface area (Å²) >= 11 is 0. The summed E-state index contributed by atoms with van der Waals surface area (Å²) in [5.74, 6) is 0.00961. The molecule has 1 saturated heterocycles. The average molecular weight is 329 g/mol. The van der Waals surface area contributed by atoms with E-state index in [1.807, 2.05) is 18.2 Å². The van der Waals surface area contributed by atoms with Crippen LogP contribution in [0.2, 0.25) is 0 Å². The number of ether oxygens (including phenoxy) is 1. The number of nitrogens with one attached hydrogen (secondary N) is 1. The number of hydrogen-bond donors (Lipinski definition) is 1. The molecule has 0 bridgehead atoms. The van der Waals surface area contributed by atoms with Gasteiger partial charge < -0.3 is 14.6 Å². The lowest BCUT2D eigenvalue weighted by Gasteiger charge is -2.26. The van der Waals surface area contributed by atoms with E-state index in [0.717, 1.165) is 50.3 Å². The Balaban J connectivity index is 1.54. The molecule has 0 atom stereocenters. The predicted octanol–water partition coefficient (Wildman–Crippen LogP) is 2.67. The highest BCUT2D eigenvalue weighted by atomic mass is 16.5. The summed E-state index contributed by atoms with van der Waals surface area (Å²) in [5, 5.41) is 4.21. The second-order valence-electron chi connectivity index (χ2n) is 6.65. The highest BCUT2D eigenvalue weighted by Gasteiger charge is 2.11. The lowest BCUT2D eigenvalue weighted by molar-refractivity contribution is 0.0374. The van der Waals surface area contributed by atoms with Crippen LogP contribution < -0.4 is 5.32 Å². The number of fused-ring (bicyclic) bond motifs is 1. The Morgan fingerprint density at radius 1 is 1.25 bits per heavy atom. The van der Waals surface area contributed by atoms with Gasteiger partial charge in [0, 0.05) is 43.0 Å². The lowest BCUT2D eigenvalue weighted by atomic mass is 10.1. The standard InChI is InChI=1S/C19H27N3O2/c1-15(2)22-9-6-16-4-5-17(14-18(16)22)19(23)20-7-3-8-21-10-12-24-13-11-21/h4-6,9,14-15H,3,7-8,10-13H2,1-2H3,(H,20,23). The molecule has 0 saturated carbocycles. The lowest BCUT2D eigenvalue weighted by Crippen LogP contribution is -2.38. The number of aromatic nitrogens is 1. The minimum atomic E-state index is 0.00961. The van der Waals surface area contributed by atoms with Crippen molar-refractivity contribution in [2.24, 2.45) is 0 Å². The summed E-state index contributed by atoms with van der Waals surface area (Å²) in [6, 6.07) is 8.40. The van der Waals surface area contributed by atoms with Gasteiger partial charge in [0.25, 0.3) is 5.91 Å². The van der Waals surface area contributed by atoms with Crippen LogP contribution in [0.4, 0.5) is 0 Å². The Labute approximate surface area is 143 Å². The maximum atomic E-state index is 12.4. The van der Waals surface area contributed by atoms with E-state index >= 15 is 0 Å². The third-order valence-corrected chi connectivity index (χ3v) is 4.58. The number of benzene rings is 1. The Kier molecular flexibility index (Phi) is 5.53. The molecule has 130 valence electrons. The Hall–Kier alpha value is -1.85. The number of amides is 1. The maximum absolute atomic E-state index is 12.4. The fourth-order valence-corrected chi connectivity index (χ4v) is 3.17. The molecule has 2 aromatic rings. The average Bonchev–Trinajstić information content (AvgIpc) is 3.03. The summed E-state index contributed by atoms with van der Waals surface area (Å²) in [6.45, 7) is 9.66. The summed E-state index contributed by atoms with van der Waals surface area (Å²) in [7, 11) is 0. The quantitative estimate of drug-likeness (QED) is 0.829. The molecule has 24 heavy (non-hydrogen) atoms. The first-order chi connectivity index (χ1) is 11.6. The van der Waals surface area contributed by atoms with Crippen LogP contribution in [0.3, 0.4) is 0 Å². The van der Waals surface area contributed by atoms with Crippen molar-refractivity contribution in [2.75, 3.05) is 39.4 Å². The van der Waals surface area contributed by atoms with Gasteiger partial charge in [0.2, 0.25) is 0 Å². The molecule has 0 radical (unpaired) electrons. The summed E-state index contributed by atoms with van der Waals surface area (Å²) in [5.41, 5.74) is 1.85. The molecular formula is C19H27N3O2. The van der Waals surface area contributed by atoms with Gasteiger partial charge in [-0.2, -0.15) is 0 Å². The molecule has 1 amide bonds. The van der Waals surface area contributed by atoms with Gasteiger partial charge in [-0.3, -0.25) is 9.69 Å². The van der Waals surface area contributed by atoms with Crippen LogP contribution >= 0.6 is 0 Å². The van der Waals surface area contributed by atoms with Crippen LogP contribution in [0.5, 0.6) is 0 Å². The molecule has 5 heteroatoms. The van der Waals surface area contributed by atoms with Crippen molar-refractivity contribution < 1.29 is 9.53 Å². The number of carbonyl (C=O) groups excluding carboxylic acids is 1. The number of carbonyl (C=O) groups is 1. The van der Waals surface area contributed by atoms with Gasteiger partial charge in [-0.1, -0.05) is 6.07 Å². The number of nitrogens with zero attached hydrogens (tertiary/aromatic N) is 2. The van der Waals surface area contributed by atoms with E-state index in [0.29, 0.717) is 12.6 Å². The SMILES string of the molecule is CC(C)n1ccc2ccc(C(=O)NCCCN3CCOCC3)cc21. The minimum Gasteiger partial charge on any atom is -0.379 e. The normalized spacial score (nSPS) is 16.0. The fraction of sp³-hybridized carbons (Fsp3) is 0.526. The number of morpholine rings is 1. The molecule has 5 nitrogen and oxygen atoms in total. The van der Waals surface area contributed by atoms with Crippen molar-refractivity contribution >= 4 is 16.8 Å². The Morgan fingerprint density at radius 3 is 2.79 bits per heavy atom. The van der Waals surface area contributed by atoms with E-state index in [4.69, 9.17) is 4.74 Å². The van der Waals surface area contributed by atoms with Crippen molar-refractivity contribution in [3.63, 3.8) is 0 Å². The van der Waals surface area contributed by atoms with E-state index in [-0.39, 0.29) is 5.91 Å². The van der Waals surface area contributed by atoms with Gasteiger partial charge in [-0.25, -0.2) is 0 Å². The van der Waals surface area contributed by atoms with Gasteiger partial charge in [0.15, 0.2) is 0 Å². The zero-order valence-electron chi connectivity index (χ0n) is 14.6. The molecule has 2 heterocycles. The van der Waals surface area contributed by atoms with Crippen molar-refractivity contribution in [1.82, 2.24) is 14.8 Å². The highest BCUT2D eigenvalue weighted by molar-refractivity contribution is 5.98. The molecule has 1 fully saturated rings. The third kappa shape index (κ3) is 3.97. The van der Waals surface area contributed by atoms with Crippen LogP contribution in [-0.2, 0) is 4.74 Å². The maximum Gasteiger partial charge on any atom is 0.251 e. The Morgan fingerprint density at radius 2 is 2.04 bits per heavy atom. The summed E-state index contributed by atoms with van der Waals surface area (Å²) in [6.07, 6.45) is 3.05. The van der Waals surface area contributed by atoms with Crippen molar-refractivity contribution in [2.45, 2.75) is 26.3 Å². The van der Waals surface area contributed by atoms with Crippen molar-refractivity contribution in [3.05, 3.63) is 36.0 Å². The molecule has 0 spiro atoms. The molecule has 0 aliphatic carbocycles. The second kappa shape index (κ2) is 7.81. The van der Waals surface area contributed by atoms with Crippen molar-refractivity contribution in [1.29, 1.82) is 0 Å². The van der Waals surface area contributed by atoms with Gasteiger partial charge in [0.05, 0.1) is 13.2 Å². The summed E-state index contributed by atoms with van der Waals surface area (Å²) < 4.78 is 7.54. The number of hydrogen-bond acceptors (Lipinski definition) is 3.